The average Bonchev–Trinajstić information content (AvgIpc) is 2.96. The molecule has 2 aliphatic heterocycles. The molecule has 0 spiro atoms. The number of rotatable bonds is 3. The smallest absolute Gasteiger partial charge is 0.378 e. The Balaban J connectivity index is 1.53. The van der Waals surface area contributed by atoms with Crippen LogP contribution in [0.15, 0.2) is 29.3 Å². The van der Waals surface area contributed by atoms with E-state index in [1.807, 2.05) is 4.90 Å². The first-order valence-corrected chi connectivity index (χ1v) is 8.80. The van der Waals surface area contributed by atoms with Crippen molar-refractivity contribution in [1.82, 2.24) is 4.90 Å². The molecule has 0 radical (unpaired) electrons. The molecule has 2 aliphatic rings. The second kappa shape index (κ2) is 7.67. The predicted molar refractivity (Wildman–Crippen MR) is 90.9 cm³/mol. The minimum Gasteiger partial charge on any atom is -0.378 e. The topological polar surface area (TPSA) is 71.0 Å². The van der Waals surface area contributed by atoms with Gasteiger partial charge in [-0.2, -0.15) is 18.2 Å². The first-order valence-electron chi connectivity index (χ1n) is 7.92. The number of anilines is 1. The lowest BCUT2D eigenvalue weighted by atomic mass is 10.2. The number of carbonyl (C=O) groups is 2. The summed E-state index contributed by atoms with van der Waals surface area (Å²) in [4.78, 5) is 30.0. The van der Waals surface area contributed by atoms with Gasteiger partial charge in [0, 0.05) is 25.2 Å². The minimum atomic E-state index is -4.43. The number of hydrogen-bond donors (Lipinski definition) is 1. The van der Waals surface area contributed by atoms with Gasteiger partial charge in [0.2, 0.25) is 5.91 Å². The number of benzene rings is 1. The third kappa shape index (κ3) is 4.55. The van der Waals surface area contributed by atoms with Gasteiger partial charge in [0.15, 0.2) is 5.17 Å². The minimum absolute atomic E-state index is 0.0954. The molecule has 0 bridgehead atoms. The van der Waals surface area contributed by atoms with Crippen LogP contribution in [0.3, 0.4) is 0 Å². The number of ether oxygens (including phenoxy) is 1. The molecule has 3 rings (SSSR count). The highest BCUT2D eigenvalue weighted by molar-refractivity contribution is 8.15. The Bertz CT molecular complexity index is 716. The van der Waals surface area contributed by atoms with E-state index in [2.05, 4.69) is 10.3 Å². The molecule has 1 N–H and O–H groups in total. The van der Waals surface area contributed by atoms with Crippen LogP contribution >= 0.6 is 11.8 Å². The molecule has 0 saturated carbocycles. The summed E-state index contributed by atoms with van der Waals surface area (Å²) in [5, 5.41) is 2.47. The molecule has 10 heteroatoms. The maximum atomic E-state index is 12.5. The van der Waals surface area contributed by atoms with E-state index in [0.29, 0.717) is 31.5 Å². The molecule has 2 amide bonds. The van der Waals surface area contributed by atoms with Crippen molar-refractivity contribution < 1.29 is 27.5 Å². The quantitative estimate of drug-likeness (QED) is 0.862. The number of aliphatic imine (C=N–C) groups is 1. The van der Waals surface area contributed by atoms with Crippen molar-refractivity contribution in [2.24, 2.45) is 4.99 Å². The van der Waals surface area contributed by atoms with E-state index in [1.165, 1.54) is 23.9 Å². The van der Waals surface area contributed by atoms with Crippen molar-refractivity contribution in [2.45, 2.75) is 17.8 Å². The largest absolute Gasteiger partial charge is 0.416 e. The van der Waals surface area contributed by atoms with Crippen LogP contribution in [0.5, 0.6) is 0 Å². The second-order valence-corrected chi connectivity index (χ2v) is 6.94. The lowest BCUT2D eigenvalue weighted by Gasteiger charge is -2.27. The van der Waals surface area contributed by atoms with E-state index < -0.39 is 22.9 Å². The van der Waals surface area contributed by atoms with Gasteiger partial charge in [-0.1, -0.05) is 11.8 Å². The van der Waals surface area contributed by atoms with Crippen LogP contribution in [0, 0.1) is 0 Å². The van der Waals surface area contributed by atoms with E-state index >= 15 is 0 Å². The first-order chi connectivity index (χ1) is 12.3. The second-order valence-electron chi connectivity index (χ2n) is 5.77. The van der Waals surface area contributed by atoms with Gasteiger partial charge in [-0.15, -0.1) is 0 Å². The number of alkyl halides is 3. The van der Waals surface area contributed by atoms with Gasteiger partial charge < -0.3 is 15.0 Å². The molecular formula is C16H16F3N3O3S. The normalized spacial score (nSPS) is 20.9. The number of amides is 2. The molecular weight excluding hydrogens is 371 g/mol. The van der Waals surface area contributed by atoms with Crippen molar-refractivity contribution in [2.75, 3.05) is 31.6 Å². The van der Waals surface area contributed by atoms with Gasteiger partial charge in [0.25, 0.3) is 5.91 Å². The first kappa shape index (κ1) is 18.7. The predicted octanol–water partition coefficient (Wildman–Crippen LogP) is 2.36. The molecule has 26 heavy (non-hydrogen) atoms. The highest BCUT2D eigenvalue weighted by atomic mass is 32.2. The fourth-order valence-corrected chi connectivity index (χ4v) is 3.64. The average molecular weight is 387 g/mol. The van der Waals surface area contributed by atoms with Gasteiger partial charge in [-0.3, -0.25) is 9.59 Å². The van der Waals surface area contributed by atoms with Gasteiger partial charge in [-0.25, -0.2) is 0 Å². The third-order valence-electron chi connectivity index (χ3n) is 3.88. The zero-order valence-corrected chi connectivity index (χ0v) is 14.4. The molecule has 1 saturated heterocycles. The fourth-order valence-electron chi connectivity index (χ4n) is 2.52. The molecule has 2 heterocycles. The number of carbonyl (C=O) groups excluding carboxylic acids is 2. The van der Waals surface area contributed by atoms with E-state index in [-0.39, 0.29) is 18.0 Å². The highest BCUT2D eigenvalue weighted by Crippen LogP contribution is 2.30. The van der Waals surface area contributed by atoms with Crippen LogP contribution in [-0.2, 0) is 20.5 Å². The Labute approximate surface area is 151 Å². The maximum Gasteiger partial charge on any atom is 0.416 e. The third-order valence-corrected chi connectivity index (χ3v) is 5.09. The molecule has 0 aromatic heterocycles. The summed E-state index contributed by atoms with van der Waals surface area (Å²) < 4.78 is 42.8. The molecule has 0 aliphatic carbocycles. The number of nitrogens with zero attached hydrogens (tertiary/aromatic N) is 2. The molecule has 1 atom stereocenters. The Morgan fingerprint density at radius 3 is 2.54 bits per heavy atom. The summed E-state index contributed by atoms with van der Waals surface area (Å²) in [6, 6.07) is 4.15. The number of halogens is 3. The van der Waals surface area contributed by atoms with Crippen LogP contribution in [0.4, 0.5) is 18.9 Å². The lowest BCUT2D eigenvalue weighted by Crippen LogP contribution is -2.39. The van der Waals surface area contributed by atoms with E-state index in [4.69, 9.17) is 4.74 Å². The summed E-state index contributed by atoms with van der Waals surface area (Å²) >= 11 is 1.23. The zero-order chi connectivity index (χ0) is 18.7. The Hall–Kier alpha value is -2.07. The molecule has 6 nitrogen and oxygen atoms in total. The molecule has 1 aromatic carbocycles. The van der Waals surface area contributed by atoms with E-state index in [0.717, 1.165) is 12.1 Å². The monoisotopic (exact) mass is 387 g/mol. The van der Waals surface area contributed by atoms with Crippen molar-refractivity contribution in [1.29, 1.82) is 0 Å². The van der Waals surface area contributed by atoms with E-state index in [9.17, 15) is 22.8 Å². The summed E-state index contributed by atoms with van der Waals surface area (Å²) in [5.74, 6) is -0.826. The highest BCUT2D eigenvalue weighted by Gasteiger charge is 2.34. The number of nitrogens with one attached hydrogen (secondary N) is 1. The summed E-state index contributed by atoms with van der Waals surface area (Å²) in [5.41, 5.74) is -0.548. The van der Waals surface area contributed by atoms with Gasteiger partial charge in [0.05, 0.1) is 18.8 Å². The lowest BCUT2D eigenvalue weighted by molar-refractivity contribution is -0.137. The fraction of sp³-hybridized carbons (Fsp3) is 0.438. The Kier molecular flexibility index (Phi) is 5.52. The molecule has 1 aromatic rings. The van der Waals surface area contributed by atoms with Crippen molar-refractivity contribution in [3.8, 4) is 0 Å². The van der Waals surface area contributed by atoms with Gasteiger partial charge >= 0.3 is 6.18 Å². The van der Waals surface area contributed by atoms with Crippen LogP contribution in [0.2, 0.25) is 0 Å². The van der Waals surface area contributed by atoms with E-state index in [1.54, 1.807) is 0 Å². The van der Waals surface area contributed by atoms with Gasteiger partial charge in [-0.05, 0) is 24.3 Å². The standard InChI is InChI=1S/C16H16F3N3O3S/c17-16(18,19)10-1-3-11(4-2-10)20-13(23)9-12-14(24)21-15(26-12)22-5-7-25-8-6-22/h1-4,12H,5-9H2,(H,20,23). The Morgan fingerprint density at radius 2 is 1.92 bits per heavy atom. The van der Waals surface area contributed by atoms with Gasteiger partial charge in [0.1, 0.15) is 5.25 Å². The number of hydrogen-bond acceptors (Lipinski definition) is 5. The number of morpholine rings is 1. The summed E-state index contributed by atoms with van der Waals surface area (Å²) in [7, 11) is 0. The van der Waals surface area contributed by atoms with Crippen LogP contribution in [0.1, 0.15) is 12.0 Å². The van der Waals surface area contributed by atoms with Crippen molar-refractivity contribution >= 4 is 34.4 Å². The summed E-state index contributed by atoms with van der Waals surface area (Å²) in [6.45, 7) is 2.41. The maximum absolute atomic E-state index is 12.5. The van der Waals surface area contributed by atoms with Crippen molar-refractivity contribution in [3.05, 3.63) is 29.8 Å². The Morgan fingerprint density at radius 1 is 1.27 bits per heavy atom. The number of thioether (sulfide) groups is 1. The van der Waals surface area contributed by atoms with Crippen LogP contribution < -0.4 is 5.32 Å². The SMILES string of the molecule is O=C(CC1SC(N2CCOCC2)=NC1=O)Nc1ccc(C(F)(F)F)cc1. The number of amidine groups is 1. The molecule has 1 unspecified atom stereocenters. The molecule has 140 valence electrons. The van der Waals surface area contributed by atoms with Crippen LogP contribution in [-0.4, -0.2) is 53.4 Å². The van der Waals surface area contributed by atoms with Crippen molar-refractivity contribution in [3.63, 3.8) is 0 Å². The van der Waals surface area contributed by atoms with Crippen LogP contribution in [0.25, 0.3) is 0 Å². The molecule has 1 fully saturated rings. The summed E-state index contributed by atoms with van der Waals surface area (Å²) in [6.07, 6.45) is -4.52. The zero-order valence-electron chi connectivity index (χ0n) is 13.6.